The van der Waals surface area contributed by atoms with Gasteiger partial charge in [-0.25, -0.2) is 0 Å². The molecule has 0 aromatic rings. The Balaban J connectivity index is 2.01. The summed E-state index contributed by atoms with van der Waals surface area (Å²) in [6.45, 7) is 13.0. The normalized spacial score (nSPS) is 30.9. The molecule has 8 nitrogen and oxygen atoms in total. The SMILES string of the molecule is C=CCOC(=O)[C@H]1[C@H]2C(=O)N(CCCCCO)C(C(=O)N(CC=C)CCCC)C23CC[C@]1(CC)O3. The number of carbonyl (C=O) groups is 3. The summed E-state index contributed by atoms with van der Waals surface area (Å²) >= 11 is 0. The van der Waals surface area contributed by atoms with Gasteiger partial charge < -0.3 is 24.4 Å². The summed E-state index contributed by atoms with van der Waals surface area (Å²) in [5.74, 6) is -2.26. The van der Waals surface area contributed by atoms with E-state index in [9.17, 15) is 19.5 Å². The van der Waals surface area contributed by atoms with Crippen molar-refractivity contribution in [2.75, 3.05) is 32.8 Å². The van der Waals surface area contributed by atoms with E-state index in [1.807, 2.05) is 6.92 Å². The van der Waals surface area contributed by atoms with E-state index in [4.69, 9.17) is 9.47 Å². The van der Waals surface area contributed by atoms with Crippen molar-refractivity contribution >= 4 is 17.8 Å². The van der Waals surface area contributed by atoms with Gasteiger partial charge in [0.2, 0.25) is 11.8 Å². The molecule has 0 aromatic heterocycles. The summed E-state index contributed by atoms with van der Waals surface area (Å²) in [6, 6.07) is -0.781. The first kappa shape index (κ1) is 27.4. The van der Waals surface area contributed by atoms with Crippen molar-refractivity contribution in [1.29, 1.82) is 0 Å². The van der Waals surface area contributed by atoms with Crippen LogP contribution in [0, 0.1) is 11.8 Å². The Morgan fingerprint density at radius 3 is 2.60 bits per heavy atom. The Kier molecular flexibility index (Phi) is 9.16. The Hall–Kier alpha value is -2.19. The molecule has 3 aliphatic rings. The molecule has 1 spiro atoms. The molecule has 3 saturated heterocycles. The summed E-state index contributed by atoms with van der Waals surface area (Å²) in [6.07, 6.45) is 8.80. The van der Waals surface area contributed by atoms with Gasteiger partial charge in [0.25, 0.3) is 0 Å². The maximum atomic E-state index is 14.1. The largest absolute Gasteiger partial charge is 0.461 e. The second-order valence-corrected chi connectivity index (χ2v) is 9.99. The predicted molar refractivity (Wildman–Crippen MR) is 132 cm³/mol. The zero-order chi connectivity index (χ0) is 25.6. The average Bonchev–Trinajstić information content (AvgIpc) is 3.46. The van der Waals surface area contributed by atoms with E-state index >= 15 is 0 Å². The summed E-state index contributed by atoms with van der Waals surface area (Å²) in [5.41, 5.74) is -1.84. The zero-order valence-corrected chi connectivity index (χ0v) is 21.4. The molecule has 3 fully saturated rings. The number of likely N-dealkylation sites (tertiary alicyclic amines) is 1. The number of unbranched alkanes of at least 4 members (excludes halogenated alkanes) is 3. The van der Waals surface area contributed by atoms with E-state index in [0.29, 0.717) is 51.7 Å². The van der Waals surface area contributed by atoms with Gasteiger partial charge in [-0.2, -0.15) is 0 Å². The number of rotatable bonds is 15. The minimum absolute atomic E-state index is 0.0698. The first-order valence-electron chi connectivity index (χ1n) is 13.2. The van der Waals surface area contributed by atoms with Crippen LogP contribution in [0.4, 0.5) is 0 Å². The van der Waals surface area contributed by atoms with Crippen molar-refractivity contribution in [2.45, 2.75) is 82.5 Å². The van der Waals surface area contributed by atoms with Crippen LogP contribution >= 0.6 is 0 Å². The van der Waals surface area contributed by atoms with Crippen LogP contribution in [0.1, 0.15) is 65.2 Å². The Morgan fingerprint density at radius 2 is 1.97 bits per heavy atom. The highest BCUT2D eigenvalue weighted by Gasteiger charge is 2.79. The van der Waals surface area contributed by atoms with E-state index in [1.165, 1.54) is 6.08 Å². The maximum Gasteiger partial charge on any atom is 0.313 e. The number of esters is 1. The minimum Gasteiger partial charge on any atom is -0.461 e. The summed E-state index contributed by atoms with van der Waals surface area (Å²) in [7, 11) is 0. The molecular weight excluding hydrogens is 448 g/mol. The lowest BCUT2D eigenvalue weighted by Gasteiger charge is -2.37. The molecule has 3 rings (SSSR count). The minimum atomic E-state index is -1.04. The first-order chi connectivity index (χ1) is 16.9. The number of carbonyl (C=O) groups excluding carboxylic acids is 3. The third-order valence-electron chi connectivity index (χ3n) is 8.01. The number of fused-ring (bicyclic) bond motifs is 1. The number of amides is 2. The third kappa shape index (κ3) is 4.79. The molecule has 0 aromatic carbocycles. The fourth-order valence-electron chi connectivity index (χ4n) is 6.37. The van der Waals surface area contributed by atoms with Crippen molar-refractivity contribution in [2.24, 2.45) is 11.8 Å². The smallest absolute Gasteiger partial charge is 0.313 e. The summed E-state index contributed by atoms with van der Waals surface area (Å²) in [5, 5.41) is 9.17. The number of ether oxygens (including phenoxy) is 2. The van der Waals surface area contributed by atoms with Crippen molar-refractivity contribution in [3.8, 4) is 0 Å². The van der Waals surface area contributed by atoms with Gasteiger partial charge in [-0.1, -0.05) is 39.0 Å². The van der Waals surface area contributed by atoms with Crippen molar-refractivity contribution in [1.82, 2.24) is 9.80 Å². The summed E-state index contributed by atoms with van der Waals surface area (Å²) < 4.78 is 12.2. The van der Waals surface area contributed by atoms with Crippen LogP contribution in [-0.2, 0) is 23.9 Å². The van der Waals surface area contributed by atoms with Crippen LogP contribution < -0.4 is 0 Å². The van der Waals surface area contributed by atoms with Crippen LogP contribution in [0.15, 0.2) is 25.3 Å². The van der Waals surface area contributed by atoms with E-state index < -0.39 is 35.0 Å². The molecule has 5 atom stereocenters. The number of hydrogen-bond donors (Lipinski definition) is 1. The van der Waals surface area contributed by atoms with E-state index in [0.717, 1.165) is 19.3 Å². The van der Waals surface area contributed by atoms with Crippen LogP contribution in [0.25, 0.3) is 0 Å². The van der Waals surface area contributed by atoms with Gasteiger partial charge in [0, 0.05) is 26.2 Å². The summed E-state index contributed by atoms with van der Waals surface area (Å²) in [4.78, 5) is 44.7. The fourth-order valence-corrected chi connectivity index (χ4v) is 6.37. The highest BCUT2D eigenvalue weighted by Crippen LogP contribution is 2.64. The van der Waals surface area contributed by atoms with Crippen molar-refractivity contribution in [3.05, 3.63) is 25.3 Å². The molecule has 0 aliphatic carbocycles. The first-order valence-corrected chi connectivity index (χ1v) is 13.2. The van der Waals surface area contributed by atoms with Gasteiger partial charge in [0.1, 0.15) is 24.2 Å². The molecule has 3 heterocycles. The van der Waals surface area contributed by atoms with E-state index in [2.05, 4.69) is 20.1 Å². The lowest BCUT2D eigenvalue weighted by atomic mass is 9.65. The Labute approximate surface area is 209 Å². The standard InChI is InChI=1S/C27H42N2O6/c1-5-9-16-28(15-6-2)24(32)22-27-14-13-26(8-4,35-27)21(25(33)34-19-7-3)20(27)23(31)29(22)17-11-10-12-18-30/h6-7,20-22,30H,2-3,5,8-19H2,1,4H3/t20-,21+,22?,26-,27?/m0/s1. The molecule has 2 amide bonds. The van der Waals surface area contributed by atoms with Crippen molar-refractivity contribution < 1.29 is 29.0 Å². The highest BCUT2D eigenvalue weighted by atomic mass is 16.6. The number of aliphatic hydroxyl groups excluding tert-OH is 1. The predicted octanol–water partition coefficient (Wildman–Crippen LogP) is 2.85. The lowest BCUT2D eigenvalue weighted by molar-refractivity contribution is -0.161. The van der Waals surface area contributed by atoms with Crippen LogP contribution in [-0.4, -0.2) is 82.8 Å². The van der Waals surface area contributed by atoms with Gasteiger partial charge in [-0.15, -0.1) is 6.58 Å². The van der Waals surface area contributed by atoms with Crippen molar-refractivity contribution in [3.63, 3.8) is 0 Å². The second kappa shape index (κ2) is 11.7. The molecule has 8 heteroatoms. The molecule has 2 bridgehead atoms. The zero-order valence-electron chi connectivity index (χ0n) is 21.4. The monoisotopic (exact) mass is 490 g/mol. The van der Waals surface area contributed by atoms with Gasteiger partial charge in [0.15, 0.2) is 0 Å². The number of hydrogen-bond acceptors (Lipinski definition) is 6. The molecule has 196 valence electrons. The van der Waals surface area contributed by atoms with E-state index in [-0.39, 0.29) is 25.0 Å². The van der Waals surface area contributed by atoms with Gasteiger partial charge in [-0.3, -0.25) is 14.4 Å². The Morgan fingerprint density at radius 1 is 1.20 bits per heavy atom. The lowest BCUT2D eigenvalue weighted by Crippen LogP contribution is -2.56. The topological polar surface area (TPSA) is 96.4 Å². The van der Waals surface area contributed by atoms with E-state index in [1.54, 1.807) is 15.9 Å². The highest BCUT2D eigenvalue weighted by molar-refractivity contribution is 5.98. The van der Waals surface area contributed by atoms with Gasteiger partial charge in [0.05, 0.1) is 11.5 Å². The van der Waals surface area contributed by atoms with Gasteiger partial charge in [-0.05, 0) is 44.9 Å². The van der Waals surface area contributed by atoms with Crippen LogP contribution in [0.2, 0.25) is 0 Å². The Bertz CT molecular complexity index is 815. The quantitative estimate of drug-likeness (QED) is 0.215. The van der Waals surface area contributed by atoms with Crippen LogP contribution in [0.5, 0.6) is 0 Å². The molecule has 35 heavy (non-hydrogen) atoms. The second-order valence-electron chi connectivity index (χ2n) is 9.99. The number of nitrogens with zero attached hydrogens (tertiary/aromatic N) is 2. The van der Waals surface area contributed by atoms with Crippen LogP contribution in [0.3, 0.4) is 0 Å². The molecule has 3 aliphatic heterocycles. The average molecular weight is 491 g/mol. The maximum absolute atomic E-state index is 14.1. The third-order valence-corrected chi connectivity index (χ3v) is 8.01. The molecule has 0 saturated carbocycles. The number of aliphatic hydroxyl groups is 1. The van der Waals surface area contributed by atoms with Gasteiger partial charge >= 0.3 is 5.97 Å². The fraction of sp³-hybridized carbons (Fsp3) is 0.741. The molecule has 1 N–H and O–H groups in total. The molecular formula is C27H42N2O6. The molecule has 0 radical (unpaired) electrons. The molecule has 2 unspecified atom stereocenters.